The zero-order chi connectivity index (χ0) is 17.6. The van der Waals surface area contributed by atoms with Crippen LogP contribution < -0.4 is 4.72 Å². The molecular formula is C18H25N3O2S. The fourth-order valence-corrected chi connectivity index (χ4v) is 3.29. The molecule has 0 saturated heterocycles. The molecule has 2 rings (SSSR count). The quantitative estimate of drug-likeness (QED) is 0.797. The number of hydrogen-bond acceptors (Lipinski definition) is 3. The summed E-state index contributed by atoms with van der Waals surface area (Å²) in [5.41, 5.74) is 3.08. The smallest absolute Gasteiger partial charge is 0.279 e. The van der Waals surface area contributed by atoms with Gasteiger partial charge in [-0.2, -0.15) is 17.4 Å². The van der Waals surface area contributed by atoms with E-state index in [2.05, 4.69) is 9.62 Å². The normalized spacial score (nSPS) is 12.0. The molecule has 0 bridgehead atoms. The van der Waals surface area contributed by atoms with Crippen molar-refractivity contribution in [3.63, 3.8) is 0 Å². The monoisotopic (exact) mass is 347 g/mol. The molecule has 0 atom stereocenters. The first kappa shape index (κ1) is 18.6. The Morgan fingerprint density at radius 1 is 0.833 bits per heavy atom. The van der Waals surface area contributed by atoms with Crippen molar-refractivity contribution in [2.75, 3.05) is 21.1 Å². The lowest BCUT2D eigenvalue weighted by molar-refractivity contribution is 0.396. The molecule has 0 amide bonds. The van der Waals surface area contributed by atoms with E-state index >= 15 is 0 Å². The molecule has 5 nitrogen and oxygen atoms in total. The van der Waals surface area contributed by atoms with Gasteiger partial charge in [0.2, 0.25) is 0 Å². The van der Waals surface area contributed by atoms with Crippen LogP contribution in [0.4, 0.5) is 0 Å². The molecule has 0 saturated carbocycles. The van der Waals surface area contributed by atoms with Gasteiger partial charge in [0.15, 0.2) is 0 Å². The molecular weight excluding hydrogens is 322 g/mol. The average molecular weight is 347 g/mol. The lowest BCUT2D eigenvalue weighted by Crippen LogP contribution is -2.37. The van der Waals surface area contributed by atoms with Crippen LogP contribution in [0, 0.1) is 0 Å². The third-order valence-corrected chi connectivity index (χ3v) is 5.17. The van der Waals surface area contributed by atoms with Gasteiger partial charge in [-0.3, -0.25) is 0 Å². The van der Waals surface area contributed by atoms with E-state index in [-0.39, 0.29) is 6.54 Å². The van der Waals surface area contributed by atoms with Crippen LogP contribution >= 0.6 is 0 Å². The number of rotatable bonds is 8. The first-order valence-corrected chi connectivity index (χ1v) is 9.29. The van der Waals surface area contributed by atoms with Gasteiger partial charge >= 0.3 is 0 Å². The van der Waals surface area contributed by atoms with Crippen LogP contribution in [0.1, 0.15) is 16.7 Å². The average Bonchev–Trinajstić information content (AvgIpc) is 2.55. The van der Waals surface area contributed by atoms with Crippen molar-refractivity contribution in [2.24, 2.45) is 0 Å². The van der Waals surface area contributed by atoms with Crippen molar-refractivity contribution in [1.29, 1.82) is 0 Å². The van der Waals surface area contributed by atoms with Gasteiger partial charge in [0.05, 0.1) is 0 Å². The fraction of sp³-hybridized carbons (Fsp3) is 0.333. The van der Waals surface area contributed by atoms with E-state index in [0.717, 1.165) is 23.2 Å². The first-order chi connectivity index (χ1) is 11.4. The third-order valence-electron chi connectivity index (χ3n) is 3.71. The Kier molecular flexibility index (Phi) is 6.51. The van der Waals surface area contributed by atoms with Crippen molar-refractivity contribution >= 4 is 10.2 Å². The number of nitrogens with zero attached hydrogens (tertiary/aromatic N) is 2. The Bertz CT molecular complexity index is 746. The highest BCUT2D eigenvalue weighted by Crippen LogP contribution is 2.14. The summed E-state index contributed by atoms with van der Waals surface area (Å²) in [5.74, 6) is 0. The maximum Gasteiger partial charge on any atom is 0.279 e. The molecule has 1 N–H and O–H groups in total. The van der Waals surface area contributed by atoms with Crippen LogP contribution in [0.15, 0.2) is 54.6 Å². The van der Waals surface area contributed by atoms with E-state index in [0.29, 0.717) is 6.54 Å². The summed E-state index contributed by atoms with van der Waals surface area (Å²) in [5, 5.41) is 0. The van der Waals surface area contributed by atoms with Crippen molar-refractivity contribution in [3.8, 4) is 0 Å². The van der Waals surface area contributed by atoms with Crippen LogP contribution in [-0.2, 0) is 29.8 Å². The van der Waals surface area contributed by atoms with E-state index in [1.165, 1.54) is 4.31 Å². The lowest BCUT2D eigenvalue weighted by atomic mass is 10.1. The van der Waals surface area contributed by atoms with Crippen molar-refractivity contribution < 1.29 is 8.42 Å². The molecule has 0 radical (unpaired) electrons. The standard InChI is InChI=1S/C18H25N3O2S/c1-20(2)14-17-11-7-8-12-18(17)15-21(3)24(22,23)19-13-16-9-5-4-6-10-16/h4-12,19H,13-15H2,1-3H3. The Hall–Kier alpha value is -1.73. The summed E-state index contributed by atoms with van der Waals surface area (Å²) in [6.45, 7) is 1.41. The second kappa shape index (κ2) is 8.39. The third kappa shape index (κ3) is 5.42. The second-order valence-corrected chi connectivity index (χ2v) is 7.94. The number of hydrogen-bond donors (Lipinski definition) is 1. The van der Waals surface area contributed by atoms with Crippen molar-refractivity contribution in [2.45, 2.75) is 19.6 Å². The predicted octanol–water partition coefficient (Wildman–Crippen LogP) is 2.21. The van der Waals surface area contributed by atoms with E-state index in [1.54, 1.807) is 7.05 Å². The molecule has 0 aliphatic rings. The van der Waals surface area contributed by atoms with Crippen LogP contribution in [-0.4, -0.2) is 38.8 Å². The molecule has 0 unspecified atom stereocenters. The second-order valence-electron chi connectivity index (χ2n) is 6.07. The van der Waals surface area contributed by atoms with Gasteiger partial charge in [-0.15, -0.1) is 0 Å². The zero-order valence-corrected chi connectivity index (χ0v) is 15.3. The number of benzene rings is 2. The molecule has 0 spiro atoms. The minimum absolute atomic E-state index is 0.285. The van der Waals surface area contributed by atoms with Crippen molar-refractivity contribution in [3.05, 3.63) is 71.3 Å². The summed E-state index contributed by atoms with van der Waals surface area (Å²) < 4.78 is 28.9. The summed E-state index contributed by atoms with van der Waals surface area (Å²) in [4.78, 5) is 2.07. The Balaban J connectivity index is 2.04. The molecule has 2 aromatic rings. The van der Waals surface area contributed by atoms with Crippen LogP contribution in [0.3, 0.4) is 0 Å². The van der Waals surface area contributed by atoms with Gasteiger partial charge in [0, 0.05) is 26.7 Å². The number of nitrogens with one attached hydrogen (secondary N) is 1. The molecule has 0 aromatic heterocycles. The van der Waals surface area contributed by atoms with Crippen LogP contribution in [0.5, 0.6) is 0 Å². The molecule has 2 aromatic carbocycles. The summed E-state index contributed by atoms with van der Waals surface area (Å²) >= 11 is 0. The van der Waals surface area contributed by atoms with E-state index in [9.17, 15) is 8.42 Å². The molecule has 0 aliphatic carbocycles. The highest BCUT2D eigenvalue weighted by molar-refractivity contribution is 7.87. The Morgan fingerprint density at radius 2 is 1.38 bits per heavy atom. The summed E-state index contributed by atoms with van der Waals surface area (Å²) in [6, 6.07) is 17.4. The molecule has 0 aliphatic heterocycles. The van der Waals surface area contributed by atoms with Gasteiger partial charge in [0.1, 0.15) is 0 Å². The van der Waals surface area contributed by atoms with Crippen LogP contribution in [0.25, 0.3) is 0 Å². The largest absolute Gasteiger partial charge is 0.305 e. The highest BCUT2D eigenvalue weighted by atomic mass is 32.2. The molecule has 6 heteroatoms. The topological polar surface area (TPSA) is 52.7 Å². The fourth-order valence-electron chi connectivity index (χ4n) is 2.41. The Morgan fingerprint density at radius 3 is 1.96 bits per heavy atom. The molecule has 130 valence electrons. The molecule has 0 heterocycles. The summed E-state index contributed by atoms with van der Waals surface area (Å²) in [7, 11) is 2.06. The van der Waals surface area contributed by atoms with E-state index in [1.807, 2.05) is 68.7 Å². The van der Waals surface area contributed by atoms with Crippen molar-refractivity contribution in [1.82, 2.24) is 13.9 Å². The highest BCUT2D eigenvalue weighted by Gasteiger charge is 2.18. The van der Waals surface area contributed by atoms with E-state index in [4.69, 9.17) is 0 Å². The molecule has 0 fully saturated rings. The zero-order valence-electron chi connectivity index (χ0n) is 14.4. The minimum Gasteiger partial charge on any atom is -0.305 e. The van der Waals surface area contributed by atoms with Gasteiger partial charge < -0.3 is 4.90 Å². The maximum atomic E-state index is 12.4. The maximum absolute atomic E-state index is 12.4. The van der Waals surface area contributed by atoms with Crippen LogP contribution in [0.2, 0.25) is 0 Å². The predicted molar refractivity (Wildman–Crippen MR) is 97.5 cm³/mol. The van der Waals surface area contributed by atoms with Gasteiger partial charge in [0.25, 0.3) is 10.2 Å². The van der Waals surface area contributed by atoms with E-state index < -0.39 is 10.2 Å². The first-order valence-electron chi connectivity index (χ1n) is 7.85. The lowest BCUT2D eigenvalue weighted by Gasteiger charge is -2.20. The SMILES string of the molecule is CN(C)Cc1ccccc1CN(C)S(=O)(=O)NCc1ccccc1. The minimum atomic E-state index is -3.53. The van der Waals surface area contributed by atoms with Gasteiger partial charge in [-0.1, -0.05) is 54.6 Å². The van der Waals surface area contributed by atoms with Gasteiger partial charge in [-0.25, -0.2) is 0 Å². The summed E-state index contributed by atoms with van der Waals surface area (Å²) in [6.07, 6.45) is 0. The molecule has 24 heavy (non-hydrogen) atoms. The Labute approximate surface area is 145 Å². The van der Waals surface area contributed by atoms with Gasteiger partial charge in [-0.05, 0) is 30.8 Å².